The largest absolute Gasteiger partial charge is 0.475 e. The zero-order chi connectivity index (χ0) is 13.4. The summed E-state index contributed by atoms with van der Waals surface area (Å²) in [7, 11) is 0. The van der Waals surface area contributed by atoms with Crippen LogP contribution in [0.2, 0.25) is 0 Å². The Kier molecular flexibility index (Phi) is 2.97. The van der Waals surface area contributed by atoms with Crippen LogP contribution in [-0.4, -0.2) is 23.5 Å². The molecule has 0 saturated carbocycles. The normalized spacial score (nSPS) is 18.7. The van der Waals surface area contributed by atoms with Gasteiger partial charge >= 0.3 is 0 Å². The smallest absolute Gasteiger partial charge is 0.218 e. The van der Waals surface area contributed by atoms with Gasteiger partial charge in [0.15, 0.2) is 0 Å². The Morgan fingerprint density at radius 2 is 2.05 bits per heavy atom. The standard InChI is InChI=1S/C16H18N2O/c1-10(2)14-9-19-16(18-14)13-6-4-5-12-8-7-11(3)17-15(12)13/h4-8,10,14H,9H2,1-3H3/t14-/m1/s1. The lowest BCUT2D eigenvalue weighted by molar-refractivity contribution is 0.292. The van der Waals surface area contributed by atoms with E-state index in [9.17, 15) is 0 Å². The second-order valence-electron chi connectivity index (χ2n) is 5.39. The molecular formula is C16H18N2O. The number of pyridine rings is 1. The highest BCUT2D eigenvalue weighted by Gasteiger charge is 2.24. The zero-order valence-corrected chi connectivity index (χ0v) is 11.6. The Balaban J connectivity index is 2.11. The number of hydrogen-bond donors (Lipinski definition) is 0. The van der Waals surface area contributed by atoms with Crippen molar-refractivity contribution in [3.05, 3.63) is 41.6 Å². The average molecular weight is 254 g/mol. The van der Waals surface area contributed by atoms with E-state index in [-0.39, 0.29) is 6.04 Å². The molecule has 1 aromatic carbocycles. The van der Waals surface area contributed by atoms with Gasteiger partial charge in [-0.05, 0) is 25.0 Å². The first-order valence-electron chi connectivity index (χ1n) is 6.72. The molecule has 0 unspecified atom stereocenters. The van der Waals surface area contributed by atoms with Crippen LogP contribution in [0.1, 0.15) is 25.1 Å². The van der Waals surface area contributed by atoms with Crippen LogP contribution < -0.4 is 0 Å². The zero-order valence-electron chi connectivity index (χ0n) is 11.6. The molecule has 0 N–H and O–H groups in total. The fraction of sp³-hybridized carbons (Fsp3) is 0.375. The van der Waals surface area contributed by atoms with Crippen molar-refractivity contribution in [3.63, 3.8) is 0 Å². The highest BCUT2D eigenvalue weighted by molar-refractivity contribution is 6.06. The van der Waals surface area contributed by atoms with Crippen LogP contribution in [-0.2, 0) is 4.74 Å². The lowest BCUT2D eigenvalue weighted by atomic mass is 10.1. The van der Waals surface area contributed by atoms with Crippen molar-refractivity contribution in [1.82, 2.24) is 4.98 Å². The molecule has 19 heavy (non-hydrogen) atoms. The van der Waals surface area contributed by atoms with Gasteiger partial charge in [-0.2, -0.15) is 0 Å². The molecule has 0 radical (unpaired) electrons. The summed E-state index contributed by atoms with van der Waals surface area (Å²) in [6.07, 6.45) is 0. The van der Waals surface area contributed by atoms with Crippen molar-refractivity contribution in [2.75, 3.05) is 6.61 Å². The number of benzene rings is 1. The summed E-state index contributed by atoms with van der Waals surface area (Å²) in [4.78, 5) is 9.32. The van der Waals surface area contributed by atoms with Crippen molar-refractivity contribution in [2.24, 2.45) is 10.9 Å². The Bertz CT molecular complexity index is 646. The molecule has 1 aliphatic rings. The molecular weight excluding hydrogens is 236 g/mol. The van der Waals surface area contributed by atoms with E-state index >= 15 is 0 Å². The second kappa shape index (κ2) is 4.65. The third-order valence-electron chi connectivity index (χ3n) is 3.53. The summed E-state index contributed by atoms with van der Waals surface area (Å²) in [5.41, 5.74) is 2.99. The summed E-state index contributed by atoms with van der Waals surface area (Å²) in [5, 5.41) is 1.13. The van der Waals surface area contributed by atoms with E-state index in [1.54, 1.807) is 0 Å². The molecule has 1 aromatic heterocycles. The van der Waals surface area contributed by atoms with E-state index in [1.807, 2.05) is 25.1 Å². The summed E-state index contributed by atoms with van der Waals surface area (Å²) >= 11 is 0. The maximum Gasteiger partial charge on any atom is 0.218 e. The van der Waals surface area contributed by atoms with Crippen LogP contribution in [0.25, 0.3) is 10.9 Å². The van der Waals surface area contributed by atoms with E-state index in [4.69, 9.17) is 9.73 Å². The van der Waals surface area contributed by atoms with Crippen LogP contribution in [0.5, 0.6) is 0 Å². The van der Waals surface area contributed by atoms with Gasteiger partial charge in [0.25, 0.3) is 0 Å². The fourth-order valence-electron chi connectivity index (χ4n) is 2.30. The molecule has 0 saturated heterocycles. The highest BCUT2D eigenvalue weighted by atomic mass is 16.5. The maximum absolute atomic E-state index is 5.77. The van der Waals surface area contributed by atoms with Crippen molar-refractivity contribution < 1.29 is 4.74 Å². The number of ether oxygens (including phenoxy) is 1. The molecule has 0 spiro atoms. The predicted molar refractivity (Wildman–Crippen MR) is 77.6 cm³/mol. The van der Waals surface area contributed by atoms with Crippen LogP contribution in [0.15, 0.2) is 35.3 Å². The Hall–Kier alpha value is -1.90. The minimum absolute atomic E-state index is 0.259. The summed E-state index contributed by atoms with van der Waals surface area (Å²) in [5.74, 6) is 1.24. The summed E-state index contributed by atoms with van der Waals surface area (Å²) < 4.78 is 5.77. The number of aryl methyl sites for hydroxylation is 1. The Labute approximate surface area is 113 Å². The SMILES string of the molecule is Cc1ccc2cccc(C3=N[C@@H](C(C)C)CO3)c2n1. The number of fused-ring (bicyclic) bond motifs is 1. The molecule has 0 fully saturated rings. The Morgan fingerprint density at radius 1 is 1.21 bits per heavy atom. The molecule has 98 valence electrons. The van der Waals surface area contributed by atoms with Crippen molar-refractivity contribution in [3.8, 4) is 0 Å². The molecule has 3 nitrogen and oxygen atoms in total. The van der Waals surface area contributed by atoms with Crippen LogP contribution >= 0.6 is 0 Å². The molecule has 0 aliphatic carbocycles. The first kappa shape index (κ1) is 12.2. The molecule has 0 amide bonds. The third-order valence-corrected chi connectivity index (χ3v) is 3.53. The van der Waals surface area contributed by atoms with Crippen LogP contribution in [0.3, 0.4) is 0 Å². The first-order chi connectivity index (χ1) is 9.15. The minimum atomic E-state index is 0.259. The summed E-state index contributed by atoms with van der Waals surface area (Å²) in [6, 6.07) is 10.5. The molecule has 0 bridgehead atoms. The highest BCUT2D eigenvalue weighted by Crippen LogP contribution is 2.23. The van der Waals surface area contributed by atoms with Gasteiger partial charge in [-0.25, -0.2) is 4.99 Å². The van der Waals surface area contributed by atoms with E-state index < -0.39 is 0 Å². The molecule has 2 heterocycles. The van der Waals surface area contributed by atoms with E-state index in [2.05, 4.69) is 31.0 Å². The monoisotopic (exact) mass is 254 g/mol. The third kappa shape index (κ3) is 2.21. The maximum atomic E-state index is 5.77. The van der Waals surface area contributed by atoms with E-state index in [0.717, 1.165) is 28.1 Å². The molecule has 1 atom stereocenters. The number of hydrogen-bond acceptors (Lipinski definition) is 3. The van der Waals surface area contributed by atoms with Gasteiger partial charge in [0, 0.05) is 11.1 Å². The first-order valence-corrected chi connectivity index (χ1v) is 6.72. The van der Waals surface area contributed by atoms with Gasteiger partial charge in [0.1, 0.15) is 6.61 Å². The van der Waals surface area contributed by atoms with Gasteiger partial charge < -0.3 is 4.74 Å². The van der Waals surface area contributed by atoms with Gasteiger partial charge in [0.05, 0.1) is 17.1 Å². The van der Waals surface area contributed by atoms with Crippen LogP contribution in [0.4, 0.5) is 0 Å². The number of rotatable bonds is 2. The predicted octanol–water partition coefficient (Wildman–Crippen LogP) is 3.34. The molecule has 3 heteroatoms. The van der Waals surface area contributed by atoms with E-state index in [1.165, 1.54) is 0 Å². The van der Waals surface area contributed by atoms with Gasteiger partial charge in [-0.1, -0.05) is 32.0 Å². The second-order valence-corrected chi connectivity index (χ2v) is 5.39. The lowest BCUT2D eigenvalue weighted by Crippen LogP contribution is -2.13. The van der Waals surface area contributed by atoms with Crippen molar-refractivity contribution in [2.45, 2.75) is 26.8 Å². The topological polar surface area (TPSA) is 34.5 Å². The number of nitrogens with zero attached hydrogens (tertiary/aromatic N) is 2. The van der Waals surface area contributed by atoms with E-state index in [0.29, 0.717) is 12.5 Å². The van der Waals surface area contributed by atoms with Crippen molar-refractivity contribution in [1.29, 1.82) is 0 Å². The van der Waals surface area contributed by atoms with Crippen LogP contribution in [0, 0.1) is 12.8 Å². The summed E-state index contributed by atoms with van der Waals surface area (Å²) in [6.45, 7) is 7.03. The average Bonchev–Trinajstić information content (AvgIpc) is 2.87. The number of para-hydroxylation sites is 1. The molecule has 3 rings (SSSR count). The van der Waals surface area contributed by atoms with Gasteiger partial charge in [0.2, 0.25) is 5.90 Å². The molecule has 2 aromatic rings. The van der Waals surface area contributed by atoms with Crippen molar-refractivity contribution >= 4 is 16.8 Å². The number of aliphatic imine (C=N–C) groups is 1. The minimum Gasteiger partial charge on any atom is -0.475 e. The molecule has 1 aliphatic heterocycles. The Morgan fingerprint density at radius 3 is 2.79 bits per heavy atom. The number of aromatic nitrogens is 1. The fourth-order valence-corrected chi connectivity index (χ4v) is 2.30. The quantitative estimate of drug-likeness (QED) is 0.823. The lowest BCUT2D eigenvalue weighted by Gasteiger charge is -2.06. The van der Waals surface area contributed by atoms with Gasteiger partial charge in [-0.15, -0.1) is 0 Å². The van der Waals surface area contributed by atoms with Gasteiger partial charge in [-0.3, -0.25) is 4.98 Å².